The first kappa shape index (κ1) is 35.1. The minimum absolute atomic E-state index is 0.194. The summed E-state index contributed by atoms with van der Waals surface area (Å²) in [5.41, 5.74) is 3.43. The summed E-state index contributed by atoms with van der Waals surface area (Å²) in [7, 11) is 0. The van der Waals surface area contributed by atoms with Crippen molar-refractivity contribution in [1.29, 1.82) is 0 Å². The van der Waals surface area contributed by atoms with Crippen LogP contribution in [0.1, 0.15) is 63.8 Å². The first-order valence-corrected chi connectivity index (χ1v) is 14.0. The molecule has 0 radical (unpaired) electrons. The van der Waals surface area contributed by atoms with Crippen molar-refractivity contribution in [3.8, 4) is 11.5 Å². The fourth-order valence-corrected chi connectivity index (χ4v) is 4.07. The number of aliphatic hydroxyl groups is 2. The van der Waals surface area contributed by atoms with Gasteiger partial charge < -0.3 is 29.2 Å². The second-order valence-corrected chi connectivity index (χ2v) is 11.1. The highest BCUT2D eigenvalue weighted by molar-refractivity contribution is 5.87. The van der Waals surface area contributed by atoms with Crippen LogP contribution in [0, 0.1) is 0 Å². The summed E-state index contributed by atoms with van der Waals surface area (Å²) in [6.07, 6.45) is -0.193. The lowest BCUT2D eigenvalue weighted by Gasteiger charge is -2.29. The highest BCUT2D eigenvalue weighted by Crippen LogP contribution is 2.37. The molecule has 0 spiro atoms. The number of allylic oxidation sites excluding steroid dienone is 2. The first-order chi connectivity index (χ1) is 20.1. The van der Waals surface area contributed by atoms with E-state index in [1.807, 2.05) is 24.3 Å². The monoisotopic (exact) mass is 592 g/mol. The molecule has 4 unspecified atom stereocenters. The maximum Gasteiger partial charge on any atom is 0.336 e. The van der Waals surface area contributed by atoms with Gasteiger partial charge in [0.1, 0.15) is 23.7 Å². The van der Waals surface area contributed by atoms with E-state index in [-0.39, 0.29) is 11.1 Å². The SMILES string of the molecule is C=CCc1cc(C(C)(C)c2ccc(OC(OC(=O)C(=C)C)C(C)O)c(CC=C)c2)ccc1OC(OC(=O)C(=C)C)C(C)O. The molecule has 0 heterocycles. The molecule has 8 nitrogen and oxygen atoms in total. The molecule has 0 aliphatic carbocycles. The third-order valence-electron chi connectivity index (χ3n) is 6.71. The van der Waals surface area contributed by atoms with Gasteiger partial charge in [0, 0.05) is 16.6 Å². The van der Waals surface area contributed by atoms with Crippen molar-refractivity contribution < 1.29 is 38.7 Å². The van der Waals surface area contributed by atoms with Gasteiger partial charge in [-0.2, -0.15) is 0 Å². The molecule has 0 aliphatic rings. The van der Waals surface area contributed by atoms with E-state index in [0.717, 1.165) is 22.3 Å². The van der Waals surface area contributed by atoms with Crippen LogP contribution in [-0.4, -0.2) is 46.9 Å². The molecule has 0 aromatic heterocycles. The number of hydrogen-bond acceptors (Lipinski definition) is 8. The lowest BCUT2D eigenvalue weighted by atomic mass is 9.76. The molecular weight excluding hydrogens is 548 g/mol. The minimum Gasteiger partial charge on any atom is -0.452 e. The van der Waals surface area contributed by atoms with Crippen molar-refractivity contribution in [1.82, 2.24) is 0 Å². The Morgan fingerprint density at radius 3 is 1.40 bits per heavy atom. The van der Waals surface area contributed by atoms with Crippen molar-refractivity contribution in [3.63, 3.8) is 0 Å². The van der Waals surface area contributed by atoms with Crippen LogP contribution in [0.15, 0.2) is 86.0 Å². The fourth-order valence-electron chi connectivity index (χ4n) is 4.07. The standard InChI is InChI=1S/C35H44O8/c1-11-13-25-19-27(15-17-29(25)40-33(23(7)36)42-31(38)21(3)4)35(9,10)28-16-18-30(26(20-28)14-12-2)41-34(24(8)37)43-32(39)22(5)6/h11-12,15-20,23-24,33-34,36-37H,1-3,5,13-14H2,4,6-10H3. The second-order valence-electron chi connectivity index (χ2n) is 11.1. The molecule has 4 atom stereocenters. The molecule has 2 aromatic rings. The molecule has 2 rings (SSSR count). The lowest BCUT2D eigenvalue weighted by Crippen LogP contribution is -2.35. The number of aliphatic hydroxyl groups excluding tert-OH is 2. The zero-order valence-electron chi connectivity index (χ0n) is 26.0. The molecule has 0 amide bonds. The highest BCUT2D eigenvalue weighted by atomic mass is 16.7. The van der Waals surface area contributed by atoms with Crippen molar-refractivity contribution in [3.05, 3.63) is 108 Å². The van der Waals surface area contributed by atoms with Gasteiger partial charge >= 0.3 is 11.9 Å². The van der Waals surface area contributed by atoms with Gasteiger partial charge in [0.2, 0.25) is 0 Å². The number of benzene rings is 2. The molecule has 0 fully saturated rings. The molecule has 0 aliphatic heterocycles. The average molecular weight is 593 g/mol. The Hall–Kier alpha value is -4.14. The van der Waals surface area contributed by atoms with Crippen molar-refractivity contribution in [2.24, 2.45) is 0 Å². The largest absolute Gasteiger partial charge is 0.452 e. The number of esters is 2. The predicted octanol–water partition coefficient (Wildman–Crippen LogP) is 5.88. The van der Waals surface area contributed by atoms with E-state index in [1.54, 1.807) is 24.3 Å². The fraction of sp³-hybridized carbons (Fsp3) is 0.371. The summed E-state index contributed by atoms with van der Waals surface area (Å²) >= 11 is 0. The van der Waals surface area contributed by atoms with E-state index in [1.165, 1.54) is 27.7 Å². The van der Waals surface area contributed by atoms with Crippen molar-refractivity contribution >= 4 is 11.9 Å². The van der Waals surface area contributed by atoms with Gasteiger partial charge in [-0.05, 0) is 74.9 Å². The Bertz CT molecular complexity index is 1250. The third kappa shape index (κ3) is 9.43. The summed E-state index contributed by atoms with van der Waals surface area (Å²) in [5, 5.41) is 20.4. The van der Waals surface area contributed by atoms with Crippen LogP contribution in [0.5, 0.6) is 11.5 Å². The molecular formula is C35H44O8. The average Bonchev–Trinajstić information content (AvgIpc) is 2.93. The van der Waals surface area contributed by atoms with Crippen LogP contribution < -0.4 is 9.47 Å². The Morgan fingerprint density at radius 1 is 0.767 bits per heavy atom. The molecule has 2 N–H and O–H groups in total. The van der Waals surface area contributed by atoms with Crippen LogP contribution in [-0.2, 0) is 37.3 Å². The second kappa shape index (κ2) is 15.4. The van der Waals surface area contributed by atoms with Gasteiger partial charge in [0.25, 0.3) is 12.6 Å². The van der Waals surface area contributed by atoms with E-state index < -0.39 is 42.1 Å². The molecule has 232 valence electrons. The van der Waals surface area contributed by atoms with E-state index >= 15 is 0 Å². The molecule has 0 saturated carbocycles. The van der Waals surface area contributed by atoms with Crippen LogP contribution in [0.2, 0.25) is 0 Å². The number of carbonyl (C=O) groups is 2. The number of rotatable bonds is 16. The van der Waals surface area contributed by atoms with Crippen LogP contribution in [0.3, 0.4) is 0 Å². The van der Waals surface area contributed by atoms with E-state index in [4.69, 9.17) is 18.9 Å². The smallest absolute Gasteiger partial charge is 0.336 e. The van der Waals surface area contributed by atoms with Crippen molar-refractivity contribution in [2.45, 2.75) is 84.6 Å². The van der Waals surface area contributed by atoms with Crippen LogP contribution >= 0.6 is 0 Å². The number of carbonyl (C=O) groups excluding carboxylic acids is 2. The van der Waals surface area contributed by atoms with Crippen LogP contribution in [0.25, 0.3) is 0 Å². The summed E-state index contributed by atoms with van der Waals surface area (Å²) in [6.45, 7) is 25.0. The van der Waals surface area contributed by atoms with E-state index in [2.05, 4.69) is 40.2 Å². The highest BCUT2D eigenvalue weighted by Gasteiger charge is 2.28. The number of ether oxygens (including phenoxy) is 4. The van der Waals surface area contributed by atoms with Gasteiger partial charge in [-0.1, -0.05) is 63.4 Å². The van der Waals surface area contributed by atoms with E-state index in [0.29, 0.717) is 24.3 Å². The minimum atomic E-state index is -1.22. The maximum absolute atomic E-state index is 12.1. The summed E-state index contributed by atoms with van der Waals surface area (Å²) in [4.78, 5) is 24.2. The lowest BCUT2D eigenvalue weighted by molar-refractivity contribution is -0.174. The van der Waals surface area contributed by atoms with Gasteiger partial charge in [-0.25, -0.2) is 9.59 Å². The van der Waals surface area contributed by atoms with Gasteiger partial charge in [0.15, 0.2) is 0 Å². The van der Waals surface area contributed by atoms with Crippen LogP contribution in [0.4, 0.5) is 0 Å². The normalized spacial score (nSPS) is 14.0. The molecule has 0 bridgehead atoms. The predicted molar refractivity (Wildman–Crippen MR) is 167 cm³/mol. The topological polar surface area (TPSA) is 112 Å². The third-order valence-corrected chi connectivity index (χ3v) is 6.71. The molecule has 0 saturated heterocycles. The van der Waals surface area contributed by atoms with Gasteiger partial charge in [-0.3, -0.25) is 0 Å². The van der Waals surface area contributed by atoms with Crippen molar-refractivity contribution in [2.75, 3.05) is 0 Å². The van der Waals surface area contributed by atoms with Gasteiger partial charge in [-0.15, -0.1) is 13.2 Å². The summed E-state index contributed by atoms with van der Waals surface area (Å²) in [6, 6.07) is 11.4. The summed E-state index contributed by atoms with van der Waals surface area (Å²) in [5.74, 6) is -0.426. The molecule has 8 heteroatoms. The summed E-state index contributed by atoms with van der Waals surface area (Å²) < 4.78 is 22.5. The van der Waals surface area contributed by atoms with Gasteiger partial charge in [0.05, 0.1) is 0 Å². The first-order valence-electron chi connectivity index (χ1n) is 14.0. The zero-order chi connectivity index (χ0) is 32.5. The Morgan fingerprint density at radius 2 is 1.12 bits per heavy atom. The Labute approximate surface area is 254 Å². The maximum atomic E-state index is 12.1. The zero-order valence-corrected chi connectivity index (χ0v) is 26.0. The quantitative estimate of drug-likeness (QED) is 0.108. The Kier molecular flexibility index (Phi) is 12.5. The number of hydrogen-bond donors (Lipinski definition) is 2. The Balaban J connectivity index is 2.46. The molecule has 43 heavy (non-hydrogen) atoms. The molecule has 2 aromatic carbocycles. The van der Waals surface area contributed by atoms with E-state index in [9.17, 15) is 19.8 Å².